The van der Waals surface area contributed by atoms with Crippen LogP contribution in [0.5, 0.6) is 0 Å². The maximum absolute atomic E-state index is 15.0. The van der Waals surface area contributed by atoms with Gasteiger partial charge in [-0.3, -0.25) is 4.68 Å². The number of aliphatic hydroxyl groups is 1. The lowest BCUT2D eigenvalue weighted by Gasteiger charge is -2.29. The normalized spacial score (nSPS) is 22.8. The molecule has 12 heteroatoms. The highest BCUT2D eigenvalue weighted by molar-refractivity contribution is 9.10. The van der Waals surface area contributed by atoms with Crippen LogP contribution in [-0.2, 0) is 25.4 Å². The molecule has 0 radical (unpaired) electrons. The lowest BCUT2D eigenvalue weighted by molar-refractivity contribution is -0.102. The number of carbonyl (C=O) groups is 1. The molecule has 2 aromatic rings. The number of rotatable bonds is 2. The fourth-order valence-electron chi connectivity index (χ4n) is 3.89. The molecule has 1 atom stereocenters. The molecule has 2 aliphatic rings. The zero-order chi connectivity index (χ0) is 21.7. The van der Waals surface area contributed by atoms with E-state index in [0.29, 0.717) is 5.69 Å². The van der Waals surface area contributed by atoms with E-state index in [-0.39, 0.29) is 48.3 Å². The number of nitrogens with zero attached hydrogens (tertiary/aromatic N) is 4. The number of alkyl halides is 3. The molecule has 2 aliphatic heterocycles. The van der Waals surface area contributed by atoms with Gasteiger partial charge in [0.1, 0.15) is 22.6 Å². The van der Waals surface area contributed by atoms with Crippen molar-refractivity contribution in [3.8, 4) is 0 Å². The summed E-state index contributed by atoms with van der Waals surface area (Å²) in [6.45, 7) is -1.28. The van der Waals surface area contributed by atoms with Crippen molar-refractivity contribution in [3.05, 3.63) is 39.6 Å². The molecule has 7 nitrogen and oxygen atoms in total. The first-order valence-electron chi connectivity index (χ1n) is 9.25. The number of anilines is 1. The molecule has 0 spiro atoms. The average Bonchev–Trinajstić information content (AvgIpc) is 3.03. The Hall–Kier alpha value is -2.21. The van der Waals surface area contributed by atoms with Crippen molar-refractivity contribution >= 4 is 27.6 Å². The van der Waals surface area contributed by atoms with Gasteiger partial charge in [0.25, 0.3) is 5.92 Å². The summed E-state index contributed by atoms with van der Waals surface area (Å²) in [6, 6.07) is 0.625. The summed E-state index contributed by atoms with van der Waals surface area (Å²) < 4.78 is 58.2. The maximum atomic E-state index is 15.0. The standard InChI is InChI=1S/C18H18BrF4N5O2/c19-15-13(21)12(1-4-24-15)25-16(29)27-5-2-11-10(7-27)14-18(22,23)8-17(30,9-20)3-6-28(14)26-11/h1,4,30H,2-3,5-9H2,(H,24,25,29)/t17-/m1/s1. The van der Waals surface area contributed by atoms with E-state index in [0.717, 1.165) is 4.68 Å². The smallest absolute Gasteiger partial charge is 0.322 e. The van der Waals surface area contributed by atoms with Crippen molar-refractivity contribution in [1.29, 1.82) is 0 Å². The minimum atomic E-state index is -3.51. The molecule has 2 amide bonds. The Labute approximate surface area is 177 Å². The number of hydrogen-bond acceptors (Lipinski definition) is 4. The Kier molecular flexibility index (Phi) is 5.25. The molecule has 162 valence electrons. The van der Waals surface area contributed by atoms with E-state index < -0.39 is 42.2 Å². The highest BCUT2D eigenvalue weighted by Gasteiger charge is 2.49. The summed E-state index contributed by atoms with van der Waals surface area (Å²) >= 11 is 2.93. The molecule has 30 heavy (non-hydrogen) atoms. The van der Waals surface area contributed by atoms with Crippen LogP contribution in [0.15, 0.2) is 16.9 Å². The molecule has 4 heterocycles. The molecular weight excluding hydrogens is 474 g/mol. The summed E-state index contributed by atoms with van der Waals surface area (Å²) in [5.41, 5.74) is -2.01. The van der Waals surface area contributed by atoms with E-state index >= 15 is 0 Å². The van der Waals surface area contributed by atoms with Crippen LogP contribution in [0.1, 0.15) is 29.8 Å². The van der Waals surface area contributed by atoms with Crippen LogP contribution in [-0.4, -0.2) is 49.6 Å². The quantitative estimate of drug-likeness (QED) is 0.498. The molecule has 0 saturated carbocycles. The van der Waals surface area contributed by atoms with E-state index in [1.54, 1.807) is 0 Å². The summed E-state index contributed by atoms with van der Waals surface area (Å²) in [7, 11) is 0. The molecule has 0 aliphatic carbocycles. The zero-order valence-electron chi connectivity index (χ0n) is 15.6. The van der Waals surface area contributed by atoms with Crippen molar-refractivity contribution in [3.63, 3.8) is 0 Å². The third-order valence-electron chi connectivity index (χ3n) is 5.41. The first kappa shape index (κ1) is 21.0. The third-order valence-corrected chi connectivity index (χ3v) is 5.96. The van der Waals surface area contributed by atoms with Gasteiger partial charge < -0.3 is 15.3 Å². The molecule has 2 N–H and O–H groups in total. The van der Waals surface area contributed by atoms with Gasteiger partial charge in [-0.05, 0) is 28.4 Å². The fourth-order valence-corrected chi connectivity index (χ4v) is 4.23. The summed E-state index contributed by atoms with van der Waals surface area (Å²) in [6.07, 6.45) is 0.306. The predicted molar refractivity (Wildman–Crippen MR) is 101 cm³/mol. The van der Waals surface area contributed by atoms with Gasteiger partial charge in [-0.1, -0.05) is 0 Å². The molecule has 2 aromatic heterocycles. The van der Waals surface area contributed by atoms with E-state index in [9.17, 15) is 27.5 Å². The van der Waals surface area contributed by atoms with Crippen LogP contribution in [0.3, 0.4) is 0 Å². The summed E-state index contributed by atoms with van der Waals surface area (Å²) in [4.78, 5) is 17.6. The van der Waals surface area contributed by atoms with Gasteiger partial charge in [0.2, 0.25) is 0 Å². The number of halogens is 5. The van der Waals surface area contributed by atoms with Crippen LogP contribution in [0.25, 0.3) is 0 Å². The van der Waals surface area contributed by atoms with Crippen molar-refractivity contribution in [1.82, 2.24) is 19.7 Å². The SMILES string of the molecule is O=C(Nc1ccnc(Br)c1F)N1CCc2nn3c(c2C1)C(F)(F)C[C@@](O)(CF)CC3. The Morgan fingerprint density at radius 1 is 1.37 bits per heavy atom. The number of fused-ring (bicyclic) bond motifs is 3. The van der Waals surface area contributed by atoms with E-state index in [1.807, 2.05) is 0 Å². The van der Waals surface area contributed by atoms with Gasteiger partial charge in [0, 0.05) is 37.7 Å². The molecule has 0 fully saturated rings. The number of hydrogen-bond donors (Lipinski definition) is 2. The van der Waals surface area contributed by atoms with Crippen LogP contribution < -0.4 is 5.32 Å². The maximum Gasteiger partial charge on any atom is 0.322 e. The number of nitrogens with one attached hydrogen (secondary N) is 1. The monoisotopic (exact) mass is 491 g/mol. The second kappa shape index (κ2) is 7.49. The molecular formula is C18H18BrF4N5O2. The van der Waals surface area contributed by atoms with Crippen molar-refractivity contribution < 1.29 is 27.5 Å². The summed E-state index contributed by atoms with van der Waals surface area (Å²) in [5, 5.41) is 16.8. The molecule has 0 bridgehead atoms. The third kappa shape index (κ3) is 3.66. The largest absolute Gasteiger partial charge is 0.387 e. The van der Waals surface area contributed by atoms with Crippen molar-refractivity contribution in [2.75, 3.05) is 18.5 Å². The second-order valence-corrected chi connectivity index (χ2v) is 8.30. The Bertz CT molecular complexity index is 1000. The van der Waals surface area contributed by atoms with Crippen LogP contribution >= 0.6 is 15.9 Å². The fraction of sp³-hybridized carbons (Fsp3) is 0.500. The topological polar surface area (TPSA) is 83.3 Å². The second-order valence-electron chi connectivity index (χ2n) is 7.55. The predicted octanol–water partition coefficient (Wildman–Crippen LogP) is 3.36. The number of aromatic nitrogens is 3. The highest BCUT2D eigenvalue weighted by atomic mass is 79.9. The summed E-state index contributed by atoms with van der Waals surface area (Å²) in [5.74, 6) is -4.26. The van der Waals surface area contributed by atoms with Crippen molar-refractivity contribution in [2.45, 2.75) is 43.9 Å². The number of carbonyl (C=O) groups excluding carboxylic acids is 1. The lowest BCUT2D eigenvalue weighted by Crippen LogP contribution is -2.40. The number of amides is 2. The minimum absolute atomic E-state index is 0.0548. The van der Waals surface area contributed by atoms with Crippen LogP contribution in [0, 0.1) is 5.82 Å². The molecule has 0 unspecified atom stereocenters. The molecule has 0 aromatic carbocycles. The van der Waals surface area contributed by atoms with Gasteiger partial charge in [-0.2, -0.15) is 13.9 Å². The van der Waals surface area contributed by atoms with E-state index in [1.165, 1.54) is 17.2 Å². The van der Waals surface area contributed by atoms with Crippen LogP contribution in [0.2, 0.25) is 0 Å². The number of pyridine rings is 1. The lowest BCUT2D eigenvalue weighted by atomic mass is 9.91. The van der Waals surface area contributed by atoms with Gasteiger partial charge >= 0.3 is 6.03 Å². The number of urea groups is 1. The Morgan fingerprint density at radius 2 is 2.13 bits per heavy atom. The first-order valence-corrected chi connectivity index (χ1v) is 10.0. The minimum Gasteiger partial charge on any atom is -0.387 e. The Balaban J connectivity index is 1.60. The van der Waals surface area contributed by atoms with Gasteiger partial charge in [-0.15, -0.1) is 0 Å². The molecule has 0 saturated heterocycles. The van der Waals surface area contributed by atoms with Gasteiger partial charge in [-0.25, -0.2) is 18.6 Å². The number of aryl methyl sites for hydroxylation is 1. The first-order chi connectivity index (χ1) is 14.1. The van der Waals surface area contributed by atoms with Crippen molar-refractivity contribution in [2.24, 2.45) is 0 Å². The van der Waals surface area contributed by atoms with Gasteiger partial charge in [0.05, 0.1) is 17.9 Å². The highest BCUT2D eigenvalue weighted by Crippen LogP contribution is 2.44. The average molecular weight is 492 g/mol. The zero-order valence-corrected chi connectivity index (χ0v) is 17.2. The van der Waals surface area contributed by atoms with Crippen LogP contribution in [0.4, 0.5) is 28.0 Å². The molecule has 4 rings (SSSR count). The van der Waals surface area contributed by atoms with E-state index in [4.69, 9.17) is 0 Å². The van der Waals surface area contributed by atoms with E-state index in [2.05, 4.69) is 31.3 Å². The Morgan fingerprint density at radius 3 is 2.87 bits per heavy atom. The van der Waals surface area contributed by atoms with Gasteiger partial charge in [0.15, 0.2) is 5.82 Å².